The SMILES string of the molecule is O=C(O)CN1CC[C@@H](OCCCCCc2ccc3c(n2)NCCC3)C1. The zero-order valence-corrected chi connectivity index (χ0v) is 14.9. The third kappa shape index (κ3) is 5.68. The Morgan fingerprint density at radius 1 is 1.36 bits per heavy atom. The molecule has 1 fully saturated rings. The van der Waals surface area contributed by atoms with E-state index in [0.29, 0.717) is 0 Å². The minimum absolute atomic E-state index is 0.127. The highest BCUT2D eigenvalue weighted by Gasteiger charge is 2.24. The van der Waals surface area contributed by atoms with Crippen molar-refractivity contribution in [3.8, 4) is 0 Å². The normalized spacial score (nSPS) is 20.2. The third-order valence-electron chi connectivity index (χ3n) is 4.97. The summed E-state index contributed by atoms with van der Waals surface area (Å²) in [5.41, 5.74) is 2.52. The van der Waals surface area contributed by atoms with Gasteiger partial charge in [0.25, 0.3) is 0 Å². The number of aryl methyl sites for hydroxylation is 2. The molecule has 1 aromatic heterocycles. The summed E-state index contributed by atoms with van der Waals surface area (Å²) in [5.74, 6) is 0.325. The Bertz CT molecular complexity index is 579. The Balaban J connectivity index is 1.26. The summed E-state index contributed by atoms with van der Waals surface area (Å²) >= 11 is 0. The third-order valence-corrected chi connectivity index (χ3v) is 4.97. The smallest absolute Gasteiger partial charge is 0.317 e. The van der Waals surface area contributed by atoms with Crippen LogP contribution >= 0.6 is 0 Å². The molecule has 0 amide bonds. The van der Waals surface area contributed by atoms with E-state index in [1.54, 1.807) is 0 Å². The Morgan fingerprint density at radius 2 is 2.28 bits per heavy atom. The van der Waals surface area contributed by atoms with E-state index in [1.807, 2.05) is 4.90 Å². The lowest BCUT2D eigenvalue weighted by Crippen LogP contribution is -2.29. The van der Waals surface area contributed by atoms with Crippen LogP contribution in [0.15, 0.2) is 12.1 Å². The van der Waals surface area contributed by atoms with Gasteiger partial charge in [-0.05, 0) is 50.2 Å². The number of nitrogens with zero attached hydrogens (tertiary/aromatic N) is 2. The molecule has 2 N–H and O–H groups in total. The lowest BCUT2D eigenvalue weighted by molar-refractivity contribution is -0.138. The molecule has 1 saturated heterocycles. The van der Waals surface area contributed by atoms with Crippen molar-refractivity contribution in [3.63, 3.8) is 0 Å². The molecule has 25 heavy (non-hydrogen) atoms. The minimum Gasteiger partial charge on any atom is -0.480 e. The van der Waals surface area contributed by atoms with Crippen LogP contribution in [-0.2, 0) is 22.4 Å². The maximum absolute atomic E-state index is 10.7. The number of aliphatic carboxylic acids is 1. The average Bonchev–Trinajstić information content (AvgIpc) is 3.04. The van der Waals surface area contributed by atoms with E-state index in [4.69, 9.17) is 14.8 Å². The Labute approximate surface area is 149 Å². The van der Waals surface area contributed by atoms with Crippen LogP contribution in [0.4, 0.5) is 5.82 Å². The van der Waals surface area contributed by atoms with Crippen LogP contribution in [0.5, 0.6) is 0 Å². The highest BCUT2D eigenvalue weighted by Crippen LogP contribution is 2.20. The maximum atomic E-state index is 10.7. The summed E-state index contributed by atoms with van der Waals surface area (Å²) < 4.78 is 5.88. The number of hydrogen-bond donors (Lipinski definition) is 2. The number of carboxylic acids is 1. The van der Waals surface area contributed by atoms with Crippen molar-refractivity contribution in [1.82, 2.24) is 9.88 Å². The molecule has 3 heterocycles. The van der Waals surface area contributed by atoms with Gasteiger partial charge in [-0.25, -0.2) is 4.98 Å². The van der Waals surface area contributed by atoms with Gasteiger partial charge in [0.05, 0.1) is 12.6 Å². The standard InChI is InChI=1S/C19H29N3O3/c23-18(24)14-22-11-9-17(13-22)25-12-3-1-2-6-16-8-7-15-5-4-10-20-19(15)21-16/h7-8,17H,1-6,9-14H2,(H,20,21)(H,23,24)/t17-/m1/s1. The van der Waals surface area contributed by atoms with E-state index in [2.05, 4.69) is 17.4 Å². The molecule has 1 aromatic rings. The first kappa shape index (κ1) is 18.1. The molecule has 0 aromatic carbocycles. The van der Waals surface area contributed by atoms with Gasteiger partial charge in [-0.1, -0.05) is 12.5 Å². The fraction of sp³-hybridized carbons (Fsp3) is 0.684. The summed E-state index contributed by atoms with van der Waals surface area (Å²) in [4.78, 5) is 17.4. The zero-order valence-electron chi connectivity index (χ0n) is 14.9. The number of carboxylic acid groups (broad SMARTS) is 1. The molecule has 2 aliphatic heterocycles. The largest absolute Gasteiger partial charge is 0.480 e. The summed E-state index contributed by atoms with van der Waals surface area (Å²) in [6, 6.07) is 4.38. The second kappa shape index (κ2) is 9.15. The summed E-state index contributed by atoms with van der Waals surface area (Å²) in [5, 5.41) is 12.2. The van der Waals surface area contributed by atoms with Crippen molar-refractivity contribution in [2.75, 3.05) is 38.1 Å². The predicted octanol–water partition coefficient (Wildman–Crippen LogP) is 2.33. The number of nitrogens with one attached hydrogen (secondary N) is 1. The Morgan fingerprint density at radius 3 is 3.16 bits per heavy atom. The summed E-state index contributed by atoms with van der Waals surface area (Å²) in [6.07, 6.45) is 7.82. The molecule has 3 rings (SSSR count). The zero-order chi connectivity index (χ0) is 17.5. The van der Waals surface area contributed by atoms with E-state index in [1.165, 1.54) is 17.7 Å². The van der Waals surface area contributed by atoms with Gasteiger partial charge < -0.3 is 15.2 Å². The van der Waals surface area contributed by atoms with Crippen molar-refractivity contribution in [3.05, 3.63) is 23.4 Å². The van der Waals surface area contributed by atoms with E-state index >= 15 is 0 Å². The molecule has 6 nitrogen and oxygen atoms in total. The number of carbonyl (C=O) groups is 1. The highest BCUT2D eigenvalue weighted by atomic mass is 16.5. The molecule has 6 heteroatoms. The maximum Gasteiger partial charge on any atom is 0.317 e. The highest BCUT2D eigenvalue weighted by molar-refractivity contribution is 5.69. The van der Waals surface area contributed by atoms with E-state index in [-0.39, 0.29) is 12.6 Å². The molecular formula is C19H29N3O3. The number of fused-ring (bicyclic) bond motifs is 1. The first-order valence-electron chi connectivity index (χ1n) is 9.49. The van der Waals surface area contributed by atoms with Crippen molar-refractivity contribution in [2.24, 2.45) is 0 Å². The summed E-state index contributed by atoms with van der Waals surface area (Å²) in [7, 11) is 0. The fourth-order valence-electron chi connectivity index (χ4n) is 3.61. The Kier molecular flexibility index (Phi) is 6.64. The molecular weight excluding hydrogens is 318 g/mol. The number of ether oxygens (including phenoxy) is 1. The molecule has 0 saturated carbocycles. The Hall–Kier alpha value is -1.66. The summed E-state index contributed by atoms with van der Waals surface area (Å²) in [6.45, 7) is 3.51. The van der Waals surface area contributed by atoms with E-state index in [0.717, 1.165) is 70.6 Å². The van der Waals surface area contributed by atoms with E-state index < -0.39 is 5.97 Å². The average molecular weight is 347 g/mol. The van der Waals surface area contributed by atoms with Gasteiger partial charge in [-0.15, -0.1) is 0 Å². The van der Waals surface area contributed by atoms with E-state index in [9.17, 15) is 4.79 Å². The van der Waals surface area contributed by atoms with Gasteiger partial charge in [0.1, 0.15) is 5.82 Å². The predicted molar refractivity (Wildman–Crippen MR) is 97.0 cm³/mol. The lowest BCUT2D eigenvalue weighted by Gasteiger charge is -2.17. The van der Waals surface area contributed by atoms with Crippen LogP contribution in [0.1, 0.15) is 43.4 Å². The number of rotatable bonds is 9. The van der Waals surface area contributed by atoms with Crippen LogP contribution in [0, 0.1) is 0 Å². The van der Waals surface area contributed by atoms with Gasteiger partial charge >= 0.3 is 5.97 Å². The topological polar surface area (TPSA) is 74.7 Å². The van der Waals surface area contributed by atoms with Crippen LogP contribution in [0.3, 0.4) is 0 Å². The van der Waals surface area contributed by atoms with Gasteiger partial charge in [0.2, 0.25) is 0 Å². The molecule has 0 unspecified atom stereocenters. The molecule has 0 aliphatic carbocycles. The van der Waals surface area contributed by atoms with Gasteiger partial charge in [-0.3, -0.25) is 9.69 Å². The quantitative estimate of drug-likeness (QED) is 0.668. The number of anilines is 1. The monoisotopic (exact) mass is 347 g/mol. The molecule has 0 radical (unpaired) electrons. The number of unbranched alkanes of at least 4 members (excludes halogenated alkanes) is 2. The lowest BCUT2D eigenvalue weighted by atomic mass is 10.1. The van der Waals surface area contributed by atoms with Crippen molar-refractivity contribution in [2.45, 2.75) is 51.0 Å². The molecule has 0 spiro atoms. The number of likely N-dealkylation sites (tertiary alicyclic amines) is 1. The molecule has 2 aliphatic rings. The molecule has 1 atom stereocenters. The van der Waals surface area contributed by atoms with Gasteiger partial charge in [-0.2, -0.15) is 0 Å². The van der Waals surface area contributed by atoms with Crippen molar-refractivity contribution >= 4 is 11.8 Å². The van der Waals surface area contributed by atoms with Crippen molar-refractivity contribution < 1.29 is 14.6 Å². The molecule has 0 bridgehead atoms. The van der Waals surface area contributed by atoms with Crippen molar-refractivity contribution in [1.29, 1.82) is 0 Å². The van der Waals surface area contributed by atoms with Crippen LogP contribution in [0.2, 0.25) is 0 Å². The fourth-order valence-corrected chi connectivity index (χ4v) is 3.61. The number of pyridine rings is 1. The minimum atomic E-state index is -0.758. The second-order valence-corrected chi connectivity index (χ2v) is 7.06. The number of hydrogen-bond acceptors (Lipinski definition) is 5. The second-order valence-electron chi connectivity index (χ2n) is 7.06. The molecule has 138 valence electrons. The van der Waals surface area contributed by atoms with Crippen LogP contribution < -0.4 is 5.32 Å². The van der Waals surface area contributed by atoms with Crippen LogP contribution in [0.25, 0.3) is 0 Å². The van der Waals surface area contributed by atoms with Crippen LogP contribution in [-0.4, -0.2) is 59.8 Å². The van der Waals surface area contributed by atoms with Gasteiger partial charge in [0.15, 0.2) is 0 Å². The van der Waals surface area contributed by atoms with Gasteiger partial charge in [0, 0.05) is 31.9 Å². The number of aromatic nitrogens is 1. The first-order chi connectivity index (χ1) is 12.2. The first-order valence-corrected chi connectivity index (χ1v) is 9.49.